The molecule has 23 heavy (non-hydrogen) atoms. The topological polar surface area (TPSA) is 89.9 Å². The van der Waals surface area contributed by atoms with Crippen molar-refractivity contribution in [2.75, 3.05) is 13.7 Å². The molecule has 0 aliphatic carbocycles. The maximum atomic E-state index is 11.9. The van der Waals surface area contributed by atoms with E-state index in [0.717, 1.165) is 0 Å². The molecule has 1 aromatic carbocycles. The highest BCUT2D eigenvalue weighted by Gasteiger charge is 2.34. The molecule has 0 bridgehead atoms. The fourth-order valence-corrected chi connectivity index (χ4v) is 2.22. The van der Waals surface area contributed by atoms with Gasteiger partial charge in [0.05, 0.1) is 12.5 Å². The molecule has 0 radical (unpaired) electrons. The van der Waals surface area contributed by atoms with Gasteiger partial charge in [-0.05, 0) is 50.5 Å². The maximum absolute atomic E-state index is 11.9. The standard InChI is InChI=1S/C17H22O6/c1-6-17(4,16(21)22-5)9-23-14-10(2)7-12(8-11(14)3)13(18)15(19)20/h7-8H,6,9H2,1-5H3,(H,19,20). The second-order valence-corrected chi connectivity index (χ2v) is 5.77. The van der Waals surface area contributed by atoms with Crippen molar-refractivity contribution in [2.24, 2.45) is 5.41 Å². The predicted octanol–water partition coefficient (Wildman–Crippen LogP) is 2.54. The average Bonchev–Trinajstić information content (AvgIpc) is 2.51. The van der Waals surface area contributed by atoms with Crippen LogP contribution in [0.15, 0.2) is 12.1 Å². The van der Waals surface area contributed by atoms with E-state index in [2.05, 4.69) is 0 Å². The second kappa shape index (κ2) is 7.26. The highest BCUT2D eigenvalue weighted by atomic mass is 16.5. The van der Waals surface area contributed by atoms with Crippen LogP contribution in [0.25, 0.3) is 0 Å². The number of Topliss-reactive ketones (excluding diaryl/α,β-unsaturated/α-hetero) is 1. The molecule has 0 saturated heterocycles. The molecular weight excluding hydrogens is 300 g/mol. The summed E-state index contributed by atoms with van der Waals surface area (Å²) in [6, 6.07) is 2.94. The number of aryl methyl sites for hydroxylation is 2. The van der Waals surface area contributed by atoms with Crippen molar-refractivity contribution in [3.63, 3.8) is 0 Å². The second-order valence-electron chi connectivity index (χ2n) is 5.77. The van der Waals surface area contributed by atoms with Crippen molar-refractivity contribution in [1.29, 1.82) is 0 Å². The van der Waals surface area contributed by atoms with E-state index in [1.54, 1.807) is 20.8 Å². The van der Waals surface area contributed by atoms with E-state index in [1.165, 1.54) is 19.2 Å². The fourth-order valence-electron chi connectivity index (χ4n) is 2.22. The number of methoxy groups -OCH3 is 1. The lowest BCUT2D eigenvalue weighted by Gasteiger charge is -2.26. The molecule has 0 saturated carbocycles. The van der Waals surface area contributed by atoms with Crippen LogP contribution in [0.2, 0.25) is 0 Å². The molecular formula is C17H22O6. The summed E-state index contributed by atoms with van der Waals surface area (Å²) in [7, 11) is 1.33. The maximum Gasteiger partial charge on any atom is 0.377 e. The number of hydrogen-bond donors (Lipinski definition) is 1. The van der Waals surface area contributed by atoms with Crippen molar-refractivity contribution >= 4 is 17.7 Å². The van der Waals surface area contributed by atoms with Crippen molar-refractivity contribution in [3.8, 4) is 5.75 Å². The Kier molecular flexibility index (Phi) is 5.90. The van der Waals surface area contributed by atoms with Crippen LogP contribution in [0.1, 0.15) is 41.8 Å². The molecule has 1 rings (SSSR count). The zero-order valence-corrected chi connectivity index (χ0v) is 14.1. The summed E-state index contributed by atoms with van der Waals surface area (Å²) in [4.78, 5) is 34.2. The van der Waals surface area contributed by atoms with E-state index in [9.17, 15) is 14.4 Å². The van der Waals surface area contributed by atoms with Crippen molar-refractivity contribution in [3.05, 3.63) is 28.8 Å². The van der Waals surface area contributed by atoms with Gasteiger partial charge >= 0.3 is 11.9 Å². The van der Waals surface area contributed by atoms with Crippen molar-refractivity contribution < 1.29 is 29.0 Å². The Balaban J connectivity index is 3.05. The zero-order valence-electron chi connectivity index (χ0n) is 14.1. The van der Waals surface area contributed by atoms with Crippen LogP contribution in [0, 0.1) is 19.3 Å². The van der Waals surface area contributed by atoms with Crippen molar-refractivity contribution in [1.82, 2.24) is 0 Å². The molecule has 6 heteroatoms. The van der Waals surface area contributed by atoms with E-state index in [4.69, 9.17) is 14.6 Å². The molecule has 6 nitrogen and oxygen atoms in total. The van der Waals surface area contributed by atoms with Gasteiger partial charge < -0.3 is 14.6 Å². The first-order valence-electron chi connectivity index (χ1n) is 7.26. The van der Waals surface area contributed by atoms with Crippen LogP contribution in [0.4, 0.5) is 0 Å². The summed E-state index contributed by atoms with van der Waals surface area (Å²) in [5, 5.41) is 8.78. The number of carbonyl (C=O) groups is 3. The fraction of sp³-hybridized carbons (Fsp3) is 0.471. The van der Waals surface area contributed by atoms with Crippen LogP contribution in [0.5, 0.6) is 5.75 Å². The van der Waals surface area contributed by atoms with Gasteiger partial charge in [0.15, 0.2) is 0 Å². The number of hydrogen-bond acceptors (Lipinski definition) is 5. The lowest BCUT2D eigenvalue weighted by molar-refractivity contribution is -0.153. The lowest BCUT2D eigenvalue weighted by Crippen LogP contribution is -2.34. The van der Waals surface area contributed by atoms with Crippen LogP contribution >= 0.6 is 0 Å². The normalized spacial score (nSPS) is 13.1. The summed E-state index contributed by atoms with van der Waals surface area (Å²) in [6.45, 7) is 7.20. The number of esters is 1. The molecule has 1 N–H and O–H groups in total. The zero-order chi connectivity index (χ0) is 17.8. The SMILES string of the molecule is CCC(C)(COc1c(C)cc(C(=O)C(=O)O)cc1C)C(=O)OC. The molecule has 0 aromatic heterocycles. The summed E-state index contributed by atoms with van der Waals surface area (Å²) >= 11 is 0. The number of carboxylic acid groups (broad SMARTS) is 1. The summed E-state index contributed by atoms with van der Waals surface area (Å²) in [5.41, 5.74) is 0.602. The summed E-state index contributed by atoms with van der Waals surface area (Å²) < 4.78 is 10.6. The van der Waals surface area contributed by atoms with Crippen LogP contribution in [0.3, 0.4) is 0 Å². The van der Waals surface area contributed by atoms with Crippen LogP contribution in [-0.2, 0) is 14.3 Å². The molecule has 0 amide bonds. The Morgan fingerprint density at radius 3 is 2.09 bits per heavy atom. The monoisotopic (exact) mass is 322 g/mol. The number of ketones is 1. The third-order valence-corrected chi connectivity index (χ3v) is 3.91. The third kappa shape index (κ3) is 4.09. The third-order valence-electron chi connectivity index (χ3n) is 3.91. The molecule has 0 heterocycles. The van der Waals surface area contributed by atoms with E-state index < -0.39 is 17.2 Å². The Bertz CT molecular complexity index is 611. The Labute approximate surface area is 135 Å². The van der Waals surface area contributed by atoms with Gasteiger partial charge in [-0.1, -0.05) is 6.92 Å². The van der Waals surface area contributed by atoms with Crippen LogP contribution < -0.4 is 4.74 Å². The van der Waals surface area contributed by atoms with Gasteiger partial charge in [0.2, 0.25) is 0 Å². The highest BCUT2D eigenvalue weighted by Crippen LogP contribution is 2.29. The van der Waals surface area contributed by atoms with Gasteiger partial charge in [-0.2, -0.15) is 0 Å². The smallest absolute Gasteiger partial charge is 0.377 e. The Morgan fingerprint density at radius 2 is 1.70 bits per heavy atom. The van der Waals surface area contributed by atoms with E-state index >= 15 is 0 Å². The molecule has 1 aromatic rings. The first-order chi connectivity index (χ1) is 10.7. The minimum Gasteiger partial charge on any atom is -0.492 e. The van der Waals surface area contributed by atoms with Gasteiger partial charge in [-0.3, -0.25) is 9.59 Å². The number of carbonyl (C=O) groups excluding carboxylic acids is 2. The largest absolute Gasteiger partial charge is 0.492 e. The minimum atomic E-state index is -1.50. The predicted molar refractivity (Wildman–Crippen MR) is 83.8 cm³/mol. The van der Waals surface area contributed by atoms with E-state index in [1.807, 2.05) is 6.92 Å². The number of rotatable bonds is 7. The van der Waals surface area contributed by atoms with Crippen molar-refractivity contribution in [2.45, 2.75) is 34.1 Å². The molecule has 1 unspecified atom stereocenters. The highest BCUT2D eigenvalue weighted by molar-refractivity contribution is 6.39. The molecule has 0 spiro atoms. The number of carboxylic acids is 1. The van der Waals surface area contributed by atoms with Gasteiger partial charge in [0, 0.05) is 5.56 Å². The van der Waals surface area contributed by atoms with Gasteiger partial charge in [0.25, 0.3) is 5.78 Å². The number of aliphatic carboxylic acids is 1. The van der Waals surface area contributed by atoms with Crippen LogP contribution in [-0.4, -0.2) is 36.5 Å². The summed E-state index contributed by atoms with van der Waals surface area (Å²) in [6.07, 6.45) is 0.549. The van der Waals surface area contributed by atoms with Gasteiger partial charge in [-0.25, -0.2) is 4.79 Å². The molecule has 1 atom stereocenters. The minimum absolute atomic E-state index is 0.103. The summed E-state index contributed by atoms with van der Waals surface area (Å²) in [5.74, 6) is -2.28. The molecule has 0 aliphatic heterocycles. The lowest BCUT2D eigenvalue weighted by atomic mass is 9.89. The first kappa shape index (κ1) is 18.7. The molecule has 126 valence electrons. The number of benzene rings is 1. The van der Waals surface area contributed by atoms with E-state index in [0.29, 0.717) is 23.3 Å². The average molecular weight is 322 g/mol. The number of ether oxygens (including phenoxy) is 2. The Morgan fingerprint density at radius 1 is 1.17 bits per heavy atom. The Hall–Kier alpha value is -2.37. The molecule has 0 fully saturated rings. The molecule has 0 aliphatic rings. The first-order valence-corrected chi connectivity index (χ1v) is 7.26. The van der Waals surface area contributed by atoms with Gasteiger partial charge in [0.1, 0.15) is 12.4 Å². The van der Waals surface area contributed by atoms with E-state index in [-0.39, 0.29) is 18.1 Å². The van der Waals surface area contributed by atoms with Gasteiger partial charge in [-0.15, -0.1) is 0 Å². The quantitative estimate of drug-likeness (QED) is 0.471.